The molecule has 3 rings (SSSR count). The highest BCUT2D eigenvalue weighted by molar-refractivity contribution is 7.98. The van der Waals surface area contributed by atoms with Crippen molar-refractivity contribution in [3.63, 3.8) is 0 Å². The summed E-state index contributed by atoms with van der Waals surface area (Å²) in [4.78, 5) is 15.5. The quantitative estimate of drug-likeness (QED) is 0.590. The molecule has 1 aromatic carbocycles. The molecule has 2 heterocycles. The van der Waals surface area contributed by atoms with Crippen LogP contribution in [0, 0.1) is 0 Å². The monoisotopic (exact) mass is 373 g/mol. The number of nitrogens with two attached hydrogens (primary N) is 1. The summed E-state index contributed by atoms with van der Waals surface area (Å²) >= 11 is 1.38. The molecule has 0 spiro atoms. The van der Waals surface area contributed by atoms with Crippen LogP contribution in [0.4, 0.5) is 0 Å². The third kappa shape index (κ3) is 4.09. The molecule has 1 atom stereocenters. The number of carbonyl (C=O) groups is 1. The predicted molar refractivity (Wildman–Crippen MR) is 95.3 cm³/mol. The molecule has 0 aliphatic heterocycles. The average Bonchev–Trinajstić information content (AvgIpc) is 3.27. The third-order valence-corrected chi connectivity index (χ3v) is 4.73. The normalized spacial score (nSPS) is 12.1. The molecule has 10 heteroatoms. The molecule has 0 radical (unpaired) electrons. The number of hydrogen-bond donors (Lipinski definition) is 2. The molecule has 0 fully saturated rings. The summed E-state index contributed by atoms with van der Waals surface area (Å²) in [6.07, 6.45) is 0.677. The minimum atomic E-state index is -0.391. The first-order valence-corrected chi connectivity index (χ1v) is 8.93. The molecule has 0 aliphatic carbocycles. The number of thioether (sulfide) groups is 1. The summed E-state index contributed by atoms with van der Waals surface area (Å²) in [5.41, 5.74) is 7.43. The van der Waals surface area contributed by atoms with Gasteiger partial charge in [-0.1, -0.05) is 47.3 Å². The number of rotatable bonds is 7. The van der Waals surface area contributed by atoms with Gasteiger partial charge in [0.25, 0.3) is 11.7 Å². The van der Waals surface area contributed by atoms with Crippen LogP contribution in [-0.4, -0.2) is 37.9 Å². The Morgan fingerprint density at radius 1 is 1.35 bits per heavy atom. The fraction of sp³-hybridized carbons (Fsp3) is 0.312. The van der Waals surface area contributed by atoms with E-state index in [0.717, 1.165) is 5.56 Å². The standard InChI is InChI=1S/C16H19N7O2S/c1-18-15(24)13-19-12(25-22-13)9-26-16-21-20-14(23(16)2)11(17)8-10-6-4-3-5-7-10/h3-7,11H,8-9,17H2,1-2H3,(H,18,24)/t11-/m0/s1. The van der Waals surface area contributed by atoms with Gasteiger partial charge in [-0.25, -0.2) is 0 Å². The lowest BCUT2D eigenvalue weighted by Gasteiger charge is -2.11. The number of aromatic nitrogens is 5. The fourth-order valence-electron chi connectivity index (χ4n) is 2.38. The Labute approximate surface area is 154 Å². The van der Waals surface area contributed by atoms with Crippen LogP contribution in [0.15, 0.2) is 40.0 Å². The van der Waals surface area contributed by atoms with Gasteiger partial charge in [0, 0.05) is 14.1 Å². The van der Waals surface area contributed by atoms with Gasteiger partial charge < -0.3 is 20.1 Å². The lowest BCUT2D eigenvalue weighted by atomic mass is 10.1. The molecule has 0 unspecified atom stereocenters. The average molecular weight is 373 g/mol. The molecule has 136 valence electrons. The highest BCUT2D eigenvalue weighted by Gasteiger charge is 2.18. The van der Waals surface area contributed by atoms with Gasteiger partial charge in [-0.15, -0.1) is 10.2 Å². The fourth-order valence-corrected chi connectivity index (χ4v) is 3.13. The van der Waals surface area contributed by atoms with E-state index in [2.05, 4.69) is 25.7 Å². The topological polar surface area (TPSA) is 125 Å². The zero-order valence-corrected chi connectivity index (χ0v) is 15.2. The van der Waals surface area contributed by atoms with Crippen molar-refractivity contribution in [1.82, 2.24) is 30.2 Å². The van der Waals surface area contributed by atoms with Crippen LogP contribution in [0.3, 0.4) is 0 Å². The molecule has 2 aromatic heterocycles. The van der Waals surface area contributed by atoms with Crippen molar-refractivity contribution in [3.8, 4) is 0 Å². The Bertz CT molecular complexity index is 878. The number of hydrogen-bond acceptors (Lipinski definition) is 8. The van der Waals surface area contributed by atoms with Crippen LogP contribution >= 0.6 is 11.8 Å². The first-order valence-electron chi connectivity index (χ1n) is 7.94. The third-order valence-electron chi connectivity index (χ3n) is 3.72. The smallest absolute Gasteiger partial charge is 0.292 e. The molecular weight excluding hydrogens is 354 g/mol. The minimum Gasteiger partial charge on any atom is -0.352 e. The summed E-state index contributed by atoms with van der Waals surface area (Å²) in [7, 11) is 3.37. The molecule has 0 bridgehead atoms. The molecule has 0 aliphatic rings. The van der Waals surface area contributed by atoms with Crippen LogP contribution < -0.4 is 11.1 Å². The molecule has 0 saturated carbocycles. The van der Waals surface area contributed by atoms with E-state index in [-0.39, 0.29) is 11.9 Å². The SMILES string of the molecule is CNC(=O)c1noc(CSc2nnc([C@@H](N)Cc3ccccc3)n2C)n1. The van der Waals surface area contributed by atoms with Crippen molar-refractivity contribution in [1.29, 1.82) is 0 Å². The lowest BCUT2D eigenvalue weighted by Crippen LogP contribution is -2.19. The molecule has 26 heavy (non-hydrogen) atoms. The van der Waals surface area contributed by atoms with Gasteiger partial charge in [0.15, 0.2) is 11.0 Å². The van der Waals surface area contributed by atoms with E-state index in [9.17, 15) is 4.79 Å². The Morgan fingerprint density at radius 3 is 2.85 bits per heavy atom. The summed E-state index contributed by atoms with van der Waals surface area (Å²) in [6.45, 7) is 0. The van der Waals surface area contributed by atoms with Crippen molar-refractivity contribution in [3.05, 3.63) is 53.4 Å². The molecule has 3 aromatic rings. The molecule has 9 nitrogen and oxygen atoms in total. The van der Waals surface area contributed by atoms with Crippen LogP contribution in [0.1, 0.15) is 33.9 Å². The van der Waals surface area contributed by atoms with E-state index in [1.807, 2.05) is 41.9 Å². The van der Waals surface area contributed by atoms with E-state index < -0.39 is 5.91 Å². The van der Waals surface area contributed by atoms with Crippen LogP contribution in [0.5, 0.6) is 0 Å². The summed E-state index contributed by atoms with van der Waals surface area (Å²) in [5.74, 6) is 1.04. The van der Waals surface area contributed by atoms with E-state index in [1.165, 1.54) is 18.8 Å². The summed E-state index contributed by atoms with van der Waals surface area (Å²) in [5, 5.41) is 15.1. The van der Waals surface area contributed by atoms with Gasteiger partial charge in [-0.2, -0.15) is 4.98 Å². The van der Waals surface area contributed by atoms with Crippen molar-refractivity contribution >= 4 is 17.7 Å². The van der Waals surface area contributed by atoms with Gasteiger partial charge in [0.1, 0.15) is 0 Å². The highest BCUT2D eigenvalue weighted by Crippen LogP contribution is 2.23. The van der Waals surface area contributed by atoms with Crippen molar-refractivity contribution in [2.75, 3.05) is 7.05 Å². The number of benzene rings is 1. The number of nitrogens with one attached hydrogen (secondary N) is 1. The number of nitrogens with zero attached hydrogens (tertiary/aromatic N) is 5. The Morgan fingerprint density at radius 2 is 2.12 bits per heavy atom. The van der Waals surface area contributed by atoms with E-state index in [1.54, 1.807) is 0 Å². The largest absolute Gasteiger partial charge is 0.352 e. The van der Waals surface area contributed by atoms with Crippen molar-refractivity contribution in [2.45, 2.75) is 23.4 Å². The van der Waals surface area contributed by atoms with Crippen LogP contribution in [0.25, 0.3) is 0 Å². The highest BCUT2D eigenvalue weighted by atomic mass is 32.2. The Balaban J connectivity index is 1.63. The Hall–Kier alpha value is -2.72. The molecular formula is C16H19N7O2S. The second-order valence-electron chi connectivity index (χ2n) is 5.58. The van der Waals surface area contributed by atoms with E-state index in [0.29, 0.717) is 29.0 Å². The van der Waals surface area contributed by atoms with E-state index >= 15 is 0 Å². The second-order valence-corrected chi connectivity index (χ2v) is 6.52. The van der Waals surface area contributed by atoms with Crippen LogP contribution in [-0.2, 0) is 19.2 Å². The van der Waals surface area contributed by atoms with Gasteiger partial charge in [0.05, 0.1) is 11.8 Å². The first-order chi connectivity index (χ1) is 12.6. The number of carbonyl (C=O) groups excluding carboxylic acids is 1. The number of amides is 1. The molecule has 1 amide bonds. The van der Waals surface area contributed by atoms with Crippen LogP contribution in [0.2, 0.25) is 0 Å². The zero-order valence-electron chi connectivity index (χ0n) is 14.4. The Kier molecular flexibility index (Phi) is 5.64. The van der Waals surface area contributed by atoms with E-state index in [4.69, 9.17) is 10.3 Å². The van der Waals surface area contributed by atoms with Gasteiger partial charge in [0.2, 0.25) is 5.89 Å². The minimum absolute atomic E-state index is 0.00615. The maximum atomic E-state index is 11.4. The second kappa shape index (κ2) is 8.11. The van der Waals surface area contributed by atoms with Crippen molar-refractivity contribution < 1.29 is 9.32 Å². The lowest BCUT2D eigenvalue weighted by molar-refractivity contribution is 0.0950. The molecule has 3 N–H and O–H groups in total. The summed E-state index contributed by atoms with van der Waals surface area (Å²) < 4.78 is 6.91. The molecule has 0 saturated heterocycles. The van der Waals surface area contributed by atoms with Gasteiger partial charge in [-0.3, -0.25) is 4.79 Å². The maximum absolute atomic E-state index is 11.4. The maximum Gasteiger partial charge on any atom is 0.292 e. The first kappa shape index (κ1) is 18.1. The van der Waals surface area contributed by atoms with Gasteiger partial charge in [-0.05, 0) is 12.0 Å². The zero-order chi connectivity index (χ0) is 18.5. The summed E-state index contributed by atoms with van der Waals surface area (Å²) in [6, 6.07) is 9.75. The predicted octanol–water partition coefficient (Wildman–Crippen LogP) is 1.09. The van der Waals surface area contributed by atoms with Crippen molar-refractivity contribution in [2.24, 2.45) is 12.8 Å². The van der Waals surface area contributed by atoms with Gasteiger partial charge >= 0.3 is 0 Å².